The van der Waals surface area contributed by atoms with Gasteiger partial charge in [-0.15, -0.1) is 0 Å². The van der Waals surface area contributed by atoms with E-state index in [9.17, 15) is 9.90 Å². The summed E-state index contributed by atoms with van der Waals surface area (Å²) >= 11 is 0. The van der Waals surface area contributed by atoms with Crippen LogP contribution < -0.4 is 10.5 Å². The molecule has 6 heteroatoms. The molecule has 6 nitrogen and oxygen atoms in total. The number of anilines is 1. The highest BCUT2D eigenvalue weighted by Gasteiger charge is 2.15. The summed E-state index contributed by atoms with van der Waals surface area (Å²) in [5.74, 6) is 0. The molecule has 0 spiro atoms. The summed E-state index contributed by atoms with van der Waals surface area (Å²) in [7, 11) is 2.09. The number of aliphatic hydroxyl groups is 1. The van der Waals surface area contributed by atoms with Crippen molar-refractivity contribution in [3.63, 3.8) is 0 Å². The smallest absolute Gasteiger partial charge is 0.268 e. The lowest BCUT2D eigenvalue weighted by atomic mass is 10.3. The Bertz CT molecular complexity index is 450. The molecule has 1 saturated heterocycles. The van der Waals surface area contributed by atoms with Crippen molar-refractivity contribution in [1.82, 2.24) is 14.7 Å². The van der Waals surface area contributed by atoms with Gasteiger partial charge < -0.3 is 14.9 Å². The maximum atomic E-state index is 11.8. The lowest BCUT2D eigenvalue weighted by molar-refractivity contribution is 0.166. The highest BCUT2D eigenvalue weighted by Crippen LogP contribution is 2.11. The molecule has 1 aliphatic heterocycles. The fourth-order valence-corrected chi connectivity index (χ4v) is 2.05. The maximum absolute atomic E-state index is 11.8. The molecule has 0 bridgehead atoms. The largest absolute Gasteiger partial charge is 0.391 e. The topological polar surface area (TPSA) is 61.6 Å². The van der Waals surface area contributed by atoms with Crippen molar-refractivity contribution in [2.45, 2.75) is 19.6 Å². The summed E-state index contributed by atoms with van der Waals surface area (Å²) < 4.78 is 1.30. The van der Waals surface area contributed by atoms with Gasteiger partial charge in [0.2, 0.25) is 0 Å². The monoisotopic (exact) mass is 252 g/mol. The van der Waals surface area contributed by atoms with Gasteiger partial charge in [-0.2, -0.15) is 5.10 Å². The predicted molar refractivity (Wildman–Crippen MR) is 69.9 cm³/mol. The molecule has 0 aliphatic carbocycles. The number of nitrogens with zero attached hydrogens (tertiary/aromatic N) is 4. The van der Waals surface area contributed by atoms with Gasteiger partial charge in [-0.3, -0.25) is 4.79 Å². The van der Waals surface area contributed by atoms with Crippen LogP contribution in [0.2, 0.25) is 0 Å². The molecule has 2 heterocycles. The number of hydrogen-bond donors (Lipinski definition) is 1. The number of piperazine rings is 1. The van der Waals surface area contributed by atoms with Crippen LogP contribution in [0.1, 0.15) is 6.92 Å². The molecule has 1 aromatic rings. The van der Waals surface area contributed by atoms with Crippen molar-refractivity contribution in [1.29, 1.82) is 0 Å². The van der Waals surface area contributed by atoms with E-state index in [2.05, 4.69) is 21.9 Å². The minimum absolute atomic E-state index is 0.160. The van der Waals surface area contributed by atoms with Gasteiger partial charge in [-0.25, -0.2) is 4.68 Å². The summed E-state index contributed by atoms with van der Waals surface area (Å²) in [5, 5.41) is 13.4. The highest BCUT2D eigenvalue weighted by molar-refractivity contribution is 5.43. The van der Waals surface area contributed by atoms with Crippen LogP contribution in [0.15, 0.2) is 17.1 Å². The van der Waals surface area contributed by atoms with Gasteiger partial charge in [-0.1, -0.05) is 0 Å². The van der Waals surface area contributed by atoms with E-state index in [0.29, 0.717) is 0 Å². The van der Waals surface area contributed by atoms with E-state index in [1.165, 1.54) is 4.68 Å². The van der Waals surface area contributed by atoms with Crippen LogP contribution in [-0.2, 0) is 6.54 Å². The zero-order valence-electron chi connectivity index (χ0n) is 10.9. The Hall–Kier alpha value is -1.40. The first-order valence-electron chi connectivity index (χ1n) is 6.25. The first-order valence-corrected chi connectivity index (χ1v) is 6.25. The van der Waals surface area contributed by atoms with Crippen LogP contribution in [0.4, 0.5) is 5.69 Å². The molecule has 1 aliphatic rings. The zero-order chi connectivity index (χ0) is 13.1. The SMILES string of the molecule is C[C@@H](O)Cn1ncc(N2CCN(C)CC2)cc1=O. The summed E-state index contributed by atoms with van der Waals surface area (Å²) in [6, 6.07) is 1.60. The van der Waals surface area contributed by atoms with Crippen LogP contribution in [0, 0.1) is 0 Å². The van der Waals surface area contributed by atoms with E-state index in [1.807, 2.05) is 0 Å². The number of aromatic nitrogens is 2. The van der Waals surface area contributed by atoms with Crippen LogP contribution in [-0.4, -0.2) is 59.1 Å². The first kappa shape index (κ1) is 13.0. The quantitative estimate of drug-likeness (QED) is 0.776. The van der Waals surface area contributed by atoms with Crippen LogP contribution in [0.25, 0.3) is 0 Å². The molecule has 100 valence electrons. The number of aliphatic hydroxyl groups excluding tert-OH is 1. The Morgan fingerprint density at radius 2 is 2.06 bits per heavy atom. The van der Waals surface area contributed by atoms with Crippen molar-refractivity contribution < 1.29 is 5.11 Å². The normalized spacial score (nSPS) is 18.9. The summed E-state index contributed by atoms with van der Waals surface area (Å²) in [6.45, 7) is 5.70. The van der Waals surface area contributed by atoms with Gasteiger partial charge in [0, 0.05) is 32.2 Å². The molecule has 0 amide bonds. The fraction of sp³-hybridized carbons (Fsp3) is 0.667. The predicted octanol–water partition coefficient (Wildman–Crippen LogP) is -0.624. The second kappa shape index (κ2) is 5.49. The van der Waals surface area contributed by atoms with Crippen molar-refractivity contribution in [3.05, 3.63) is 22.6 Å². The minimum Gasteiger partial charge on any atom is -0.391 e. The average molecular weight is 252 g/mol. The molecule has 1 fully saturated rings. The standard InChI is InChI=1S/C12H20N4O2/c1-10(17)9-16-12(18)7-11(8-13-16)15-5-3-14(2)4-6-15/h7-8,10,17H,3-6,9H2,1-2H3/t10-/m1/s1. The lowest BCUT2D eigenvalue weighted by Gasteiger charge is -2.33. The summed E-state index contributed by atoms with van der Waals surface area (Å²) in [4.78, 5) is 16.3. The van der Waals surface area contributed by atoms with E-state index >= 15 is 0 Å². The van der Waals surface area contributed by atoms with Gasteiger partial charge in [0.15, 0.2) is 0 Å². The second-order valence-corrected chi connectivity index (χ2v) is 4.87. The summed E-state index contributed by atoms with van der Waals surface area (Å²) in [5.41, 5.74) is 0.710. The molecule has 0 saturated carbocycles. The van der Waals surface area contributed by atoms with Crippen molar-refractivity contribution in [2.24, 2.45) is 0 Å². The maximum Gasteiger partial charge on any atom is 0.268 e. The van der Waals surface area contributed by atoms with Crippen LogP contribution in [0.3, 0.4) is 0 Å². The van der Waals surface area contributed by atoms with Gasteiger partial charge in [0.25, 0.3) is 5.56 Å². The average Bonchev–Trinajstić information content (AvgIpc) is 2.32. The molecule has 0 aromatic carbocycles. The van der Waals surface area contributed by atoms with Gasteiger partial charge in [0.1, 0.15) is 0 Å². The molecule has 1 aromatic heterocycles. The Morgan fingerprint density at radius 3 is 2.61 bits per heavy atom. The third kappa shape index (κ3) is 3.08. The fourth-order valence-electron chi connectivity index (χ4n) is 2.05. The molecular weight excluding hydrogens is 232 g/mol. The number of rotatable bonds is 3. The number of likely N-dealkylation sites (N-methyl/N-ethyl adjacent to an activating group) is 1. The van der Waals surface area contributed by atoms with Gasteiger partial charge >= 0.3 is 0 Å². The van der Waals surface area contributed by atoms with E-state index < -0.39 is 6.10 Å². The molecule has 2 rings (SSSR count). The van der Waals surface area contributed by atoms with E-state index in [0.717, 1.165) is 31.9 Å². The molecule has 1 N–H and O–H groups in total. The third-order valence-corrected chi connectivity index (χ3v) is 3.16. The highest BCUT2D eigenvalue weighted by atomic mass is 16.3. The Labute approximate surface area is 106 Å². The van der Waals surface area contributed by atoms with Crippen LogP contribution in [0.5, 0.6) is 0 Å². The van der Waals surface area contributed by atoms with Gasteiger partial charge in [0.05, 0.1) is 24.5 Å². The third-order valence-electron chi connectivity index (χ3n) is 3.16. The Kier molecular flexibility index (Phi) is 3.98. The molecular formula is C12H20N4O2. The van der Waals surface area contributed by atoms with E-state index in [4.69, 9.17) is 0 Å². The molecule has 0 unspecified atom stereocenters. The molecule has 0 radical (unpaired) electrons. The van der Waals surface area contributed by atoms with E-state index in [1.54, 1.807) is 19.2 Å². The van der Waals surface area contributed by atoms with Crippen molar-refractivity contribution >= 4 is 5.69 Å². The first-order chi connectivity index (χ1) is 8.56. The van der Waals surface area contributed by atoms with Crippen molar-refractivity contribution in [3.8, 4) is 0 Å². The zero-order valence-corrected chi connectivity index (χ0v) is 10.9. The van der Waals surface area contributed by atoms with Crippen LogP contribution >= 0.6 is 0 Å². The summed E-state index contributed by atoms with van der Waals surface area (Å²) in [6.07, 6.45) is 1.14. The van der Waals surface area contributed by atoms with Gasteiger partial charge in [-0.05, 0) is 14.0 Å². The number of hydrogen-bond acceptors (Lipinski definition) is 5. The molecule has 1 atom stereocenters. The van der Waals surface area contributed by atoms with E-state index in [-0.39, 0.29) is 12.1 Å². The lowest BCUT2D eigenvalue weighted by Crippen LogP contribution is -2.45. The minimum atomic E-state index is -0.565. The Balaban J connectivity index is 2.11. The molecule has 18 heavy (non-hydrogen) atoms. The van der Waals surface area contributed by atoms with Crippen molar-refractivity contribution in [2.75, 3.05) is 38.1 Å². The second-order valence-electron chi connectivity index (χ2n) is 4.87. The Morgan fingerprint density at radius 1 is 1.39 bits per heavy atom.